The third-order valence-electron chi connectivity index (χ3n) is 5.01. The minimum Gasteiger partial charge on any atom is -0.286 e. The van der Waals surface area contributed by atoms with Gasteiger partial charge >= 0.3 is 0 Å². The molecule has 0 saturated carbocycles. The monoisotopic (exact) mass is 420 g/mol. The van der Waals surface area contributed by atoms with Crippen LogP contribution in [0.15, 0.2) is 64.4 Å². The fourth-order valence-electron chi connectivity index (χ4n) is 3.43. The smallest absolute Gasteiger partial charge is 0.280 e. The average molecular weight is 421 g/mol. The van der Waals surface area contributed by atoms with Crippen LogP contribution in [-0.2, 0) is 6.54 Å². The normalized spacial score (nSPS) is 15.6. The molecule has 0 atom stereocenters. The Bertz CT molecular complexity index is 1140. The van der Waals surface area contributed by atoms with Crippen LogP contribution < -0.4 is 5.56 Å². The number of nitrogens with zero attached hydrogens (tertiary/aromatic N) is 4. The molecule has 0 spiro atoms. The SMILES string of the molecule is CCCCn1nc(C(=O)N2CCCSC2=Nc2ccccc2)c2ccccc2c1=O. The molecule has 1 amide bonds. The molecule has 4 rings (SSSR count). The summed E-state index contributed by atoms with van der Waals surface area (Å²) in [7, 11) is 0. The summed E-state index contributed by atoms with van der Waals surface area (Å²) < 4.78 is 1.43. The number of para-hydroxylation sites is 1. The van der Waals surface area contributed by atoms with Crippen molar-refractivity contribution in [1.29, 1.82) is 0 Å². The molecular formula is C23H24N4O2S. The summed E-state index contributed by atoms with van der Waals surface area (Å²) in [6.07, 6.45) is 2.66. The fraction of sp³-hybridized carbons (Fsp3) is 0.304. The lowest BCUT2D eigenvalue weighted by Gasteiger charge is -2.28. The van der Waals surface area contributed by atoms with Crippen molar-refractivity contribution in [2.45, 2.75) is 32.7 Å². The molecule has 30 heavy (non-hydrogen) atoms. The van der Waals surface area contributed by atoms with Crippen molar-refractivity contribution in [2.75, 3.05) is 12.3 Å². The molecule has 1 aromatic heterocycles. The molecule has 1 aliphatic heterocycles. The fourth-order valence-corrected chi connectivity index (χ4v) is 4.39. The van der Waals surface area contributed by atoms with Gasteiger partial charge in [0.15, 0.2) is 10.9 Å². The lowest BCUT2D eigenvalue weighted by atomic mass is 10.1. The van der Waals surface area contributed by atoms with Crippen molar-refractivity contribution in [1.82, 2.24) is 14.7 Å². The number of aromatic nitrogens is 2. The van der Waals surface area contributed by atoms with Crippen LogP contribution in [-0.4, -0.2) is 38.1 Å². The number of rotatable bonds is 5. The van der Waals surface area contributed by atoms with Gasteiger partial charge in [0.1, 0.15) is 0 Å². The second kappa shape index (κ2) is 9.26. The van der Waals surface area contributed by atoms with Gasteiger partial charge in [-0.3, -0.25) is 14.5 Å². The lowest BCUT2D eigenvalue weighted by molar-refractivity contribution is 0.0843. The number of amidine groups is 1. The average Bonchev–Trinajstić information content (AvgIpc) is 2.79. The number of hydrogen-bond donors (Lipinski definition) is 0. The molecule has 3 aromatic rings. The van der Waals surface area contributed by atoms with Gasteiger partial charge in [0, 0.05) is 24.2 Å². The molecule has 0 aliphatic carbocycles. The van der Waals surface area contributed by atoms with E-state index in [1.807, 2.05) is 42.5 Å². The summed E-state index contributed by atoms with van der Waals surface area (Å²) in [6.45, 7) is 3.15. The van der Waals surface area contributed by atoms with Crippen LogP contribution in [0.25, 0.3) is 10.8 Å². The maximum atomic E-state index is 13.6. The zero-order valence-electron chi connectivity index (χ0n) is 17.0. The highest BCUT2D eigenvalue weighted by atomic mass is 32.2. The Labute approximate surface area is 179 Å². The molecule has 0 N–H and O–H groups in total. The second-order valence-corrected chi connectivity index (χ2v) is 8.23. The van der Waals surface area contributed by atoms with Crippen molar-refractivity contribution in [3.63, 3.8) is 0 Å². The van der Waals surface area contributed by atoms with Gasteiger partial charge in [-0.25, -0.2) is 9.67 Å². The maximum absolute atomic E-state index is 13.6. The minimum absolute atomic E-state index is 0.151. The zero-order chi connectivity index (χ0) is 20.9. The van der Waals surface area contributed by atoms with Gasteiger partial charge < -0.3 is 0 Å². The number of thioether (sulfide) groups is 1. The first kappa shape index (κ1) is 20.3. The number of aryl methyl sites for hydroxylation is 1. The molecule has 1 aliphatic rings. The highest BCUT2D eigenvalue weighted by Crippen LogP contribution is 2.25. The molecule has 0 radical (unpaired) electrons. The first-order valence-corrected chi connectivity index (χ1v) is 11.3. The van der Waals surface area contributed by atoms with E-state index < -0.39 is 0 Å². The van der Waals surface area contributed by atoms with Gasteiger partial charge in [-0.15, -0.1) is 0 Å². The van der Waals surface area contributed by atoms with Crippen LogP contribution in [0, 0.1) is 0 Å². The zero-order valence-corrected chi connectivity index (χ0v) is 17.8. The van der Waals surface area contributed by atoms with Crippen molar-refractivity contribution in [3.05, 3.63) is 70.6 Å². The van der Waals surface area contributed by atoms with E-state index in [9.17, 15) is 9.59 Å². The molecule has 6 nitrogen and oxygen atoms in total. The number of benzene rings is 2. The summed E-state index contributed by atoms with van der Waals surface area (Å²) in [5.74, 6) is 0.706. The number of carbonyl (C=O) groups excluding carboxylic acids is 1. The summed E-state index contributed by atoms with van der Waals surface area (Å²) in [6, 6.07) is 16.9. The van der Waals surface area contributed by atoms with Crippen molar-refractivity contribution >= 4 is 39.3 Å². The Morgan fingerprint density at radius 3 is 2.60 bits per heavy atom. The number of fused-ring (bicyclic) bond motifs is 1. The quantitative estimate of drug-likeness (QED) is 0.611. The highest BCUT2D eigenvalue weighted by Gasteiger charge is 2.28. The van der Waals surface area contributed by atoms with E-state index in [4.69, 9.17) is 4.99 Å². The number of aliphatic imine (C=N–C) groups is 1. The van der Waals surface area contributed by atoms with E-state index in [0.29, 0.717) is 34.7 Å². The third kappa shape index (κ3) is 4.16. The molecule has 2 aromatic carbocycles. The van der Waals surface area contributed by atoms with E-state index in [1.54, 1.807) is 28.8 Å². The first-order chi connectivity index (χ1) is 14.7. The van der Waals surface area contributed by atoms with Crippen molar-refractivity contribution in [2.24, 2.45) is 4.99 Å². The van der Waals surface area contributed by atoms with Crippen LogP contribution in [0.2, 0.25) is 0 Å². The van der Waals surface area contributed by atoms with Crippen LogP contribution in [0.1, 0.15) is 36.7 Å². The molecule has 1 fully saturated rings. The first-order valence-electron chi connectivity index (χ1n) is 10.3. The third-order valence-corrected chi connectivity index (χ3v) is 6.07. The van der Waals surface area contributed by atoms with E-state index in [2.05, 4.69) is 12.0 Å². The Balaban J connectivity index is 1.78. The van der Waals surface area contributed by atoms with Gasteiger partial charge in [0.25, 0.3) is 11.5 Å². The van der Waals surface area contributed by atoms with Gasteiger partial charge in [-0.1, -0.05) is 61.5 Å². The van der Waals surface area contributed by atoms with E-state index in [1.165, 1.54) is 4.68 Å². The summed E-state index contributed by atoms with van der Waals surface area (Å²) >= 11 is 1.57. The van der Waals surface area contributed by atoms with E-state index >= 15 is 0 Å². The standard InChI is InChI=1S/C23H24N4O2S/c1-2-3-15-27-21(28)19-13-8-7-12-18(19)20(25-27)22(29)26-14-9-16-30-23(26)24-17-10-5-4-6-11-17/h4-8,10-13H,2-3,9,14-16H2,1H3. The summed E-state index contributed by atoms with van der Waals surface area (Å²) in [4.78, 5) is 32.8. The largest absolute Gasteiger partial charge is 0.286 e. The molecule has 7 heteroatoms. The Morgan fingerprint density at radius 2 is 1.83 bits per heavy atom. The van der Waals surface area contributed by atoms with Crippen LogP contribution in [0.4, 0.5) is 5.69 Å². The number of carbonyl (C=O) groups is 1. The number of unbranched alkanes of at least 4 members (excludes halogenated alkanes) is 1. The summed E-state index contributed by atoms with van der Waals surface area (Å²) in [5.41, 5.74) is 0.969. The predicted molar refractivity (Wildman–Crippen MR) is 123 cm³/mol. The Kier molecular flexibility index (Phi) is 6.28. The Morgan fingerprint density at radius 1 is 1.10 bits per heavy atom. The Hall–Kier alpha value is -2.93. The second-order valence-electron chi connectivity index (χ2n) is 7.16. The van der Waals surface area contributed by atoms with Crippen molar-refractivity contribution < 1.29 is 4.79 Å². The van der Waals surface area contributed by atoms with Crippen LogP contribution in [0.5, 0.6) is 0 Å². The molecule has 0 unspecified atom stereocenters. The minimum atomic E-state index is -0.210. The van der Waals surface area contributed by atoms with Gasteiger partial charge in [-0.05, 0) is 31.0 Å². The van der Waals surface area contributed by atoms with Gasteiger partial charge in [0.2, 0.25) is 0 Å². The van der Waals surface area contributed by atoms with Crippen LogP contribution in [0.3, 0.4) is 0 Å². The van der Waals surface area contributed by atoms with Gasteiger partial charge in [-0.2, -0.15) is 5.10 Å². The topological polar surface area (TPSA) is 67.6 Å². The number of amides is 1. The lowest BCUT2D eigenvalue weighted by Crippen LogP contribution is -2.40. The molecule has 2 heterocycles. The molecule has 1 saturated heterocycles. The van der Waals surface area contributed by atoms with E-state index in [-0.39, 0.29) is 11.5 Å². The maximum Gasteiger partial charge on any atom is 0.280 e. The van der Waals surface area contributed by atoms with Crippen molar-refractivity contribution in [3.8, 4) is 0 Å². The highest BCUT2D eigenvalue weighted by molar-refractivity contribution is 8.13. The number of hydrogen-bond acceptors (Lipinski definition) is 5. The van der Waals surface area contributed by atoms with Gasteiger partial charge in [0.05, 0.1) is 11.1 Å². The molecule has 0 bridgehead atoms. The molecule has 154 valence electrons. The predicted octanol–water partition coefficient (Wildman–Crippen LogP) is 4.46. The van der Waals surface area contributed by atoms with Crippen LogP contribution >= 0.6 is 11.8 Å². The van der Waals surface area contributed by atoms with E-state index in [0.717, 1.165) is 30.7 Å². The molecular weight excluding hydrogens is 396 g/mol. The summed E-state index contributed by atoms with van der Waals surface area (Å²) in [5, 5.41) is 6.30.